The molecule has 0 aliphatic carbocycles. The van der Waals surface area contributed by atoms with Crippen molar-refractivity contribution in [3.63, 3.8) is 0 Å². The number of nitrogens with zero attached hydrogens (tertiary/aromatic N) is 3. The Labute approximate surface area is 191 Å². The number of amides is 1. The first-order chi connectivity index (χ1) is 15.8. The van der Waals surface area contributed by atoms with Gasteiger partial charge in [0, 0.05) is 57.8 Å². The Balaban J connectivity index is 1.37. The summed E-state index contributed by atoms with van der Waals surface area (Å²) in [4.78, 5) is 23.0. The number of aromatic nitrogens is 1. The number of ether oxygens (including phenoxy) is 1. The highest BCUT2D eigenvalue weighted by Crippen LogP contribution is 2.37. The fourth-order valence-electron chi connectivity index (χ4n) is 5.57. The average molecular weight is 435 g/mol. The van der Waals surface area contributed by atoms with Crippen molar-refractivity contribution < 1.29 is 9.53 Å². The maximum absolute atomic E-state index is 13.8. The Hall–Kier alpha value is -2.28. The standard InChI is InChI=1S/C26H34N4O2/c31-26-23(25(24-5-1-2-12-28-24)29-16-13-27-14-17-29)4-3-15-30(26)22-8-6-20(7-9-22)21-10-18-32-19-11-21/h1-2,5-9,12,21,23,25,27H,3-4,10-11,13-19H2. The lowest BCUT2D eigenvalue weighted by atomic mass is 9.85. The number of hydrogen-bond donors (Lipinski definition) is 1. The molecule has 0 saturated carbocycles. The summed E-state index contributed by atoms with van der Waals surface area (Å²) < 4.78 is 5.51. The van der Waals surface area contributed by atoms with Crippen LogP contribution in [0.1, 0.15) is 48.9 Å². The van der Waals surface area contributed by atoms with E-state index in [9.17, 15) is 4.79 Å². The number of pyridine rings is 1. The van der Waals surface area contributed by atoms with Gasteiger partial charge in [0.15, 0.2) is 0 Å². The van der Waals surface area contributed by atoms with Crippen LogP contribution in [-0.4, -0.2) is 61.7 Å². The maximum atomic E-state index is 13.8. The predicted octanol–water partition coefficient (Wildman–Crippen LogP) is 3.37. The lowest BCUT2D eigenvalue weighted by Crippen LogP contribution is -2.52. The Bertz CT molecular complexity index is 876. The molecule has 6 heteroatoms. The lowest BCUT2D eigenvalue weighted by Gasteiger charge is -2.42. The molecule has 0 spiro atoms. The van der Waals surface area contributed by atoms with Crippen molar-refractivity contribution in [3.05, 3.63) is 59.9 Å². The molecule has 2 aromatic rings. The SMILES string of the molecule is O=C1C(C(c2ccccn2)N2CCNCC2)CCCN1c1ccc(C2CCOCC2)cc1. The summed E-state index contributed by atoms with van der Waals surface area (Å²) in [5.41, 5.74) is 3.41. The third kappa shape index (κ3) is 4.58. The Morgan fingerprint density at radius 2 is 1.75 bits per heavy atom. The number of carbonyl (C=O) groups excluding carboxylic acids is 1. The molecule has 3 aliphatic rings. The quantitative estimate of drug-likeness (QED) is 0.782. The molecule has 1 aromatic carbocycles. The van der Waals surface area contributed by atoms with Crippen LogP contribution in [0.4, 0.5) is 5.69 Å². The number of benzene rings is 1. The molecule has 2 unspecified atom stereocenters. The Kier molecular flexibility index (Phi) is 6.81. The molecular weight excluding hydrogens is 400 g/mol. The van der Waals surface area contributed by atoms with Gasteiger partial charge in [-0.05, 0) is 61.4 Å². The van der Waals surface area contributed by atoms with Crippen LogP contribution in [0.25, 0.3) is 0 Å². The number of anilines is 1. The molecule has 5 rings (SSSR count). The highest BCUT2D eigenvalue weighted by molar-refractivity contribution is 5.96. The van der Waals surface area contributed by atoms with Crippen molar-refractivity contribution in [1.82, 2.24) is 15.2 Å². The molecule has 1 amide bonds. The number of piperidine rings is 1. The van der Waals surface area contributed by atoms with Crippen LogP contribution in [0.5, 0.6) is 0 Å². The van der Waals surface area contributed by atoms with Gasteiger partial charge in [-0.25, -0.2) is 0 Å². The maximum Gasteiger partial charge on any atom is 0.232 e. The van der Waals surface area contributed by atoms with Crippen LogP contribution in [-0.2, 0) is 9.53 Å². The van der Waals surface area contributed by atoms with Crippen LogP contribution in [0, 0.1) is 5.92 Å². The number of hydrogen-bond acceptors (Lipinski definition) is 5. The van der Waals surface area contributed by atoms with Gasteiger partial charge < -0.3 is 15.0 Å². The van der Waals surface area contributed by atoms with E-state index < -0.39 is 0 Å². The molecule has 0 bridgehead atoms. The van der Waals surface area contributed by atoms with Crippen LogP contribution < -0.4 is 10.2 Å². The number of piperazine rings is 1. The van der Waals surface area contributed by atoms with E-state index in [1.807, 2.05) is 23.2 Å². The van der Waals surface area contributed by atoms with E-state index in [0.29, 0.717) is 5.92 Å². The average Bonchev–Trinajstić information content (AvgIpc) is 2.87. The molecule has 3 saturated heterocycles. The lowest BCUT2D eigenvalue weighted by molar-refractivity contribution is -0.126. The second kappa shape index (κ2) is 10.1. The van der Waals surface area contributed by atoms with Gasteiger partial charge in [-0.1, -0.05) is 18.2 Å². The van der Waals surface area contributed by atoms with Crippen LogP contribution >= 0.6 is 0 Å². The molecule has 0 radical (unpaired) electrons. The fourth-order valence-corrected chi connectivity index (χ4v) is 5.57. The van der Waals surface area contributed by atoms with E-state index in [1.165, 1.54) is 5.56 Å². The summed E-state index contributed by atoms with van der Waals surface area (Å²) in [7, 11) is 0. The van der Waals surface area contributed by atoms with E-state index in [1.54, 1.807) is 0 Å². The molecule has 32 heavy (non-hydrogen) atoms. The topological polar surface area (TPSA) is 57.7 Å². The van der Waals surface area contributed by atoms with Gasteiger partial charge in [0.25, 0.3) is 0 Å². The molecule has 4 heterocycles. The van der Waals surface area contributed by atoms with Crippen LogP contribution in [0.2, 0.25) is 0 Å². The number of carbonyl (C=O) groups is 1. The van der Waals surface area contributed by atoms with Crippen LogP contribution in [0.3, 0.4) is 0 Å². The fraction of sp³-hybridized carbons (Fsp3) is 0.538. The van der Waals surface area contributed by atoms with Crippen molar-refractivity contribution >= 4 is 11.6 Å². The van der Waals surface area contributed by atoms with E-state index in [4.69, 9.17) is 4.74 Å². The first-order valence-corrected chi connectivity index (χ1v) is 12.2. The summed E-state index contributed by atoms with van der Waals surface area (Å²) in [6.45, 7) is 6.31. The van der Waals surface area contributed by atoms with Gasteiger partial charge in [0.2, 0.25) is 5.91 Å². The molecule has 3 aliphatic heterocycles. The van der Waals surface area contributed by atoms with Gasteiger partial charge in [-0.15, -0.1) is 0 Å². The molecule has 6 nitrogen and oxygen atoms in total. The molecular formula is C26H34N4O2. The summed E-state index contributed by atoms with van der Waals surface area (Å²) in [5.74, 6) is 0.750. The van der Waals surface area contributed by atoms with Gasteiger partial charge in [-0.2, -0.15) is 0 Å². The summed E-state index contributed by atoms with van der Waals surface area (Å²) >= 11 is 0. The molecule has 1 N–H and O–H groups in total. The number of nitrogens with one attached hydrogen (secondary N) is 1. The summed E-state index contributed by atoms with van der Waals surface area (Å²) in [6.07, 6.45) is 5.96. The van der Waals surface area contributed by atoms with Crippen molar-refractivity contribution in [2.75, 3.05) is 50.8 Å². The van der Waals surface area contributed by atoms with E-state index in [2.05, 4.69) is 45.5 Å². The molecule has 1 aromatic heterocycles. The zero-order valence-electron chi connectivity index (χ0n) is 18.8. The van der Waals surface area contributed by atoms with Crippen molar-refractivity contribution in [3.8, 4) is 0 Å². The third-order valence-corrected chi connectivity index (χ3v) is 7.29. The van der Waals surface area contributed by atoms with Gasteiger partial charge >= 0.3 is 0 Å². The molecule has 170 valence electrons. The molecule has 2 atom stereocenters. The Morgan fingerprint density at radius 1 is 0.969 bits per heavy atom. The summed E-state index contributed by atoms with van der Waals surface area (Å²) in [6, 6.07) is 14.8. The zero-order chi connectivity index (χ0) is 21.8. The number of rotatable bonds is 5. The molecule has 3 fully saturated rings. The van der Waals surface area contributed by atoms with E-state index in [-0.39, 0.29) is 17.9 Å². The van der Waals surface area contributed by atoms with Crippen molar-refractivity contribution in [2.24, 2.45) is 5.92 Å². The minimum Gasteiger partial charge on any atom is -0.381 e. The van der Waals surface area contributed by atoms with Gasteiger partial charge in [-0.3, -0.25) is 14.7 Å². The minimum absolute atomic E-state index is 0.0371. The van der Waals surface area contributed by atoms with E-state index >= 15 is 0 Å². The summed E-state index contributed by atoms with van der Waals surface area (Å²) in [5, 5.41) is 3.44. The Morgan fingerprint density at radius 3 is 2.47 bits per heavy atom. The second-order valence-electron chi connectivity index (χ2n) is 9.20. The smallest absolute Gasteiger partial charge is 0.232 e. The first-order valence-electron chi connectivity index (χ1n) is 12.2. The van der Waals surface area contributed by atoms with Crippen molar-refractivity contribution in [2.45, 2.75) is 37.6 Å². The second-order valence-corrected chi connectivity index (χ2v) is 9.20. The van der Waals surface area contributed by atoms with Gasteiger partial charge in [0.05, 0.1) is 17.7 Å². The third-order valence-electron chi connectivity index (χ3n) is 7.29. The minimum atomic E-state index is -0.0630. The monoisotopic (exact) mass is 434 g/mol. The van der Waals surface area contributed by atoms with Gasteiger partial charge in [0.1, 0.15) is 0 Å². The first kappa shape index (κ1) is 21.6. The van der Waals surface area contributed by atoms with E-state index in [0.717, 1.165) is 83.0 Å². The largest absolute Gasteiger partial charge is 0.381 e. The normalized spacial score (nSPS) is 24.4. The predicted molar refractivity (Wildman–Crippen MR) is 126 cm³/mol. The van der Waals surface area contributed by atoms with Crippen molar-refractivity contribution in [1.29, 1.82) is 0 Å². The zero-order valence-corrected chi connectivity index (χ0v) is 18.8. The highest BCUT2D eigenvalue weighted by Gasteiger charge is 2.40. The van der Waals surface area contributed by atoms with Crippen LogP contribution in [0.15, 0.2) is 48.7 Å². The highest BCUT2D eigenvalue weighted by atomic mass is 16.5.